The van der Waals surface area contributed by atoms with E-state index in [1.165, 1.54) is 6.20 Å². The summed E-state index contributed by atoms with van der Waals surface area (Å²) in [5, 5.41) is 2.23. The van der Waals surface area contributed by atoms with E-state index in [2.05, 4.69) is 10.3 Å². The minimum Gasteiger partial charge on any atom is -0.397 e. The third kappa shape index (κ3) is 4.08. The topological polar surface area (TPSA) is 50.9 Å². The molecule has 1 heterocycles. The van der Waals surface area contributed by atoms with Crippen LogP contribution < -0.4 is 11.1 Å². The smallest absolute Gasteiger partial charge is 0.397 e. The molecule has 0 radical (unpaired) electrons. The van der Waals surface area contributed by atoms with Gasteiger partial charge in [0.2, 0.25) is 0 Å². The Morgan fingerprint density at radius 2 is 2.07 bits per heavy atom. The second-order valence-corrected chi connectivity index (χ2v) is 2.80. The van der Waals surface area contributed by atoms with Crippen LogP contribution in [0.15, 0.2) is 18.3 Å². The molecule has 1 aromatic rings. The van der Waals surface area contributed by atoms with Crippen molar-refractivity contribution in [2.24, 2.45) is 0 Å². The summed E-state index contributed by atoms with van der Waals surface area (Å²) in [6.45, 7) is -0.932. The Labute approximate surface area is 79.1 Å². The van der Waals surface area contributed by atoms with Crippen molar-refractivity contribution in [3.63, 3.8) is 0 Å². The minimum atomic E-state index is -4.19. The number of aromatic nitrogens is 1. The standard InChI is InChI=1S/C8H10F3N3/c9-8(10,11)5-13-4-7-2-1-6(12)3-14-7/h1-3,13H,4-5,12H2. The maximum absolute atomic E-state index is 11.7. The van der Waals surface area contributed by atoms with Gasteiger partial charge in [-0.1, -0.05) is 0 Å². The molecular formula is C8H10F3N3. The van der Waals surface area contributed by atoms with Gasteiger partial charge in [0.15, 0.2) is 0 Å². The van der Waals surface area contributed by atoms with E-state index in [4.69, 9.17) is 5.73 Å². The molecule has 0 fully saturated rings. The lowest BCUT2D eigenvalue weighted by atomic mass is 10.3. The predicted molar refractivity (Wildman–Crippen MR) is 46.4 cm³/mol. The summed E-state index contributed by atoms with van der Waals surface area (Å²) in [5.41, 5.74) is 6.38. The molecule has 6 heteroatoms. The number of rotatable bonds is 3. The first kappa shape index (κ1) is 10.8. The van der Waals surface area contributed by atoms with Crippen LogP contribution in [0.5, 0.6) is 0 Å². The molecule has 1 rings (SSSR count). The van der Waals surface area contributed by atoms with Crippen molar-refractivity contribution >= 4 is 5.69 Å². The zero-order valence-electron chi connectivity index (χ0n) is 7.30. The lowest BCUT2D eigenvalue weighted by molar-refractivity contribution is -0.125. The summed E-state index contributed by atoms with van der Waals surface area (Å²) in [7, 11) is 0. The molecule has 0 aromatic carbocycles. The van der Waals surface area contributed by atoms with Gasteiger partial charge in [-0.25, -0.2) is 0 Å². The third-order valence-electron chi connectivity index (χ3n) is 1.48. The fourth-order valence-corrected chi connectivity index (χ4v) is 0.873. The summed E-state index contributed by atoms with van der Waals surface area (Å²) < 4.78 is 35.2. The van der Waals surface area contributed by atoms with E-state index in [1.54, 1.807) is 12.1 Å². The maximum Gasteiger partial charge on any atom is 0.401 e. The Kier molecular flexibility index (Phi) is 3.29. The lowest BCUT2D eigenvalue weighted by Gasteiger charge is -2.07. The van der Waals surface area contributed by atoms with Gasteiger partial charge in [0.05, 0.1) is 24.1 Å². The monoisotopic (exact) mass is 205 g/mol. The first-order valence-corrected chi connectivity index (χ1v) is 3.95. The quantitative estimate of drug-likeness (QED) is 0.782. The van der Waals surface area contributed by atoms with Crippen molar-refractivity contribution in [2.45, 2.75) is 12.7 Å². The molecule has 0 bridgehead atoms. The van der Waals surface area contributed by atoms with E-state index in [9.17, 15) is 13.2 Å². The molecule has 3 N–H and O–H groups in total. The number of nitrogen functional groups attached to an aromatic ring is 1. The van der Waals surface area contributed by atoms with Gasteiger partial charge in [-0.05, 0) is 12.1 Å². The molecule has 0 unspecified atom stereocenters. The van der Waals surface area contributed by atoms with Crippen LogP contribution in [0.2, 0.25) is 0 Å². The van der Waals surface area contributed by atoms with Gasteiger partial charge in [-0.15, -0.1) is 0 Å². The van der Waals surface area contributed by atoms with Crippen LogP contribution in [-0.4, -0.2) is 17.7 Å². The fraction of sp³-hybridized carbons (Fsp3) is 0.375. The van der Waals surface area contributed by atoms with Crippen LogP contribution in [0.25, 0.3) is 0 Å². The second kappa shape index (κ2) is 4.28. The molecule has 0 aliphatic rings. The largest absolute Gasteiger partial charge is 0.401 e. The van der Waals surface area contributed by atoms with Crippen molar-refractivity contribution in [1.29, 1.82) is 0 Å². The van der Waals surface area contributed by atoms with E-state index in [1.807, 2.05) is 0 Å². The molecule has 0 atom stereocenters. The van der Waals surface area contributed by atoms with Gasteiger partial charge in [0, 0.05) is 6.54 Å². The Bertz CT molecular complexity index is 281. The Morgan fingerprint density at radius 3 is 2.57 bits per heavy atom. The van der Waals surface area contributed by atoms with Gasteiger partial charge in [0.25, 0.3) is 0 Å². The number of pyridine rings is 1. The van der Waals surface area contributed by atoms with Crippen LogP contribution in [-0.2, 0) is 6.54 Å². The zero-order chi connectivity index (χ0) is 10.6. The molecule has 1 aromatic heterocycles. The predicted octanol–water partition coefficient (Wildman–Crippen LogP) is 1.32. The summed E-state index contributed by atoms with van der Waals surface area (Å²) >= 11 is 0. The van der Waals surface area contributed by atoms with Gasteiger partial charge in [-0.3, -0.25) is 4.98 Å². The Hall–Kier alpha value is -1.30. The van der Waals surface area contributed by atoms with E-state index in [0.717, 1.165) is 0 Å². The van der Waals surface area contributed by atoms with Crippen LogP contribution in [0, 0.1) is 0 Å². The van der Waals surface area contributed by atoms with Gasteiger partial charge in [-0.2, -0.15) is 13.2 Å². The van der Waals surface area contributed by atoms with Gasteiger partial charge >= 0.3 is 6.18 Å². The molecule has 0 saturated carbocycles. The normalized spacial score (nSPS) is 11.6. The molecule has 3 nitrogen and oxygen atoms in total. The van der Waals surface area contributed by atoms with Gasteiger partial charge < -0.3 is 11.1 Å². The molecular weight excluding hydrogens is 195 g/mol. The lowest BCUT2D eigenvalue weighted by Crippen LogP contribution is -2.28. The first-order valence-electron chi connectivity index (χ1n) is 3.95. The number of nitrogens with two attached hydrogens (primary N) is 1. The maximum atomic E-state index is 11.7. The summed E-state index contributed by atoms with van der Waals surface area (Å²) in [6, 6.07) is 3.18. The summed E-state index contributed by atoms with van der Waals surface area (Å²) in [5.74, 6) is 0. The number of hydrogen-bond acceptors (Lipinski definition) is 3. The molecule has 14 heavy (non-hydrogen) atoms. The van der Waals surface area contributed by atoms with Crippen LogP contribution in [0.3, 0.4) is 0 Å². The molecule has 0 amide bonds. The summed E-state index contributed by atoms with van der Waals surface area (Å²) in [6.07, 6.45) is -2.78. The SMILES string of the molecule is Nc1ccc(CNCC(F)(F)F)nc1. The average Bonchev–Trinajstić information content (AvgIpc) is 2.06. The van der Waals surface area contributed by atoms with Crippen molar-refractivity contribution < 1.29 is 13.2 Å². The van der Waals surface area contributed by atoms with Crippen molar-refractivity contribution in [3.05, 3.63) is 24.0 Å². The van der Waals surface area contributed by atoms with E-state index < -0.39 is 12.7 Å². The minimum absolute atomic E-state index is 0.0831. The van der Waals surface area contributed by atoms with Gasteiger partial charge in [0.1, 0.15) is 0 Å². The number of hydrogen-bond donors (Lipinski definition) is 2. The van der Waals surface area contributed by atoms with Crippen molar-refractivity contribution in [1.82, 2.24) is 10.3 Å². The highest BCUT2D eigenvalue weighted by molar-refractivity contribution is 5.34. The second-order valence-electron chi connectivity index (χ2n) is 2.80. The molecule has 78 valence electrons. The number of nitrogens with zero attached hydrogens (tertiary/aromatic N) is 1. The molecule has 0 saturated heterocycles. The van der Waals surface area contributed by atoms with Crippen LogP contribution in [0.4, 0.5) is 18.9 Å². The number of anilines is 1. The van der Waals surface area contributed by atoms with E-state index in [0.29, 0.717) is 11.4 Å². The summed E-state index contributed by atoms with van der Waals surface area (Å²) in [4.78, 5) is 3.84. The number of nitrogens with one attached hydrogen (secondary N) is 1. The first-order chi connectivity index (χ1) is 6.47. The zero-order valence-corrected chi connectivity index (χ0v) is 7.30. The van der Waals surface area contributed by atoms with Crippen LogP contribution >= 0.6 is 0 Å². The highest BCUT2D eigenvalue weighted by atomic mass is 19.4. The fourth-order valence-electron chi connectivity index (χ4n) is 0.873. The Balaban J connectivity index is 2.35. The molecule has 0 aliphatic carbocycles. The van der Waals surface area contributed by atoms with Crippen molar-refractivity contribution in [3.8, 4) is 0 Å². The number of halogens is 3. The molecule has 0 aliphatic heterocycles. The van der Waals surface area contributed by atoms with E-state index >= 15 is 0 Å². The number of alkyl halides is 3. The van der Waals surface area contributed by atoms with Crippen molar-refractivity contribution in [2.75, 3.05) is 12.3 Å². The molecule has 0 spiro atoms. The third-order valence-corrected chi connectivity index (χ3v) is 1.48. The highest BCUT2D eigenvalue weighted by Crippen LogP contribution is 2.12. The van der Waals surface area contributed by atoms with E-state index in [-0.39, 0.29) is 6.54 Å². The highest BCUT2D eigenvalue weighted by Gasteiger charge is 2.26. The average molecular weight is 205 g/mol. The Morgan fingerprint density at radius 1 is 1.36 bits per heavy atom. The van der Waals surface area contributed by atoms with Crippen LogP contribution in [0.1, 0.15) is 5.69 Å².